The first-order valence-electron chi connectivity index (χ1n) is 8.00. The van der Waals surface area contributed by atoms with E-state index in [1.165, 1.54) is 18.7 Å². The fraction of sp³-hybridized carbons (Fsp3) is 0.933. The summed E-state index contributed by atoms with van der Waals surface area (Å²) in [6.07, 6.45) is -5.84. The van der Waals surface area contributed by atoms with Crippen molar-refractivity contribution in [2.75, 3.05) is 5.75 Å². The van der Waals surface area contributed by atoms with Gasteiger partial charge in [-0.3, -0.25) is 4.79 Å². The van der Waals surface area contributed by atoms with E-state index in [0.29, 0.717) is 18.6 Å². The number of carbonyl (C=O) groups is 1. The van der Waals surface area contributed by atoms with Crippen LogP contribution in [0.3, 0.4) is 0 Å². The zero-order valence-electron chi connectivity index (χ0n) is 14.1. The second-order valence-corrected chi connectivity index (χ2v) is 7.19. The molecule has 0 saturated heterocycles. The first-order chi connectivity index (χ1) is 11.7. The Labute approximate surface area is 150 Å². The van der Waals surface area contributed by atoms with E-state index in [2.05, 4.69) is 0 Å². The van der Waals surface area contributed by atoms with Crippen molar-refractivity contribution in [1.29, 1.82) is 0 Å². The van der Waals surface area contributed by atoms with Gasteiger partial charge in [0.05, 0.1) is 0 Å². The highest BCUT2D eigenvalue weighted by Gasteiger charge is 2.81. The van der Waals surface area contributed by atoms with Gasteiger partial charge in [-0.15, -0.1) is 0 Å². The number of hydrogen-bond acceptors (Lipinski definition) is 2. The Morgan fingerprint density at radius 1 is 0.692 bits per heavy atom. The fourth-order valence-corrected chi connectivity index (χ4v) is 2.75. The van der Waals surface area contributed by atoms with Gasteiger partial charge in [0, 0.05) is 19.1 Å². The predicted octanol–water partition coefficient (Wildman–Crippen LogP) is 6.86. The van der Waals surface area contributed by atoms with Crippen LogP contribution in [0.5, 0.6) is 0 Å². The van der Waals surface area contributed by atoms with E-state index in [1.54, 1.807) is 0 Å². The normalized spacial score (nSPS) is 13.9. The van der Waals surface area contributed by atoms with Gasteiger partial charge < -0.3 is 0 Å². The first kappa shape index (κ1) is 25.4. The van der Waals surface area contributed by atoms with Crippen LogP contribution in [0.15, 0.2) is 0 Å². The summed E-state index contributed by atoms with van der Waals surface area (Å²) >= 11 is 1.18. The van der Waals surface area contributed by atoms with Crippen LogP contribution >= 0.6 is 11.8 Å². The Morgan fingerprint density at radius 2 is 1.12 bits per heavy atom. The minimum absolute atomic E-state index is 0.00108. The number of unbranched alkanes of at least 4 members (excludes halogenated alkanes) is 6. The topological polar surface area (TPSA) is 17.1 Å². The molecule has 0 aliphatic rings. The maximum Gasteiger partial charge on any atom is 0.460 e. The zero-order valence-corrected chi connectivity index (χ0v) is 14.9. The van der Waals surface area contributed by atoms with Crippen LogP contribution in [0, 0.1) is 0 Å². The molecule has 0 radical (unpaired) electrons. The molecule has 0 N–H and O–H groups in total. The Hall–Kier alpha value is -0.610. The van der Waals surface area contributed by atoms with Gasteiger partial charge in [0.1, 0.15) is 0 Å². The van der Waals surface area contributed by atoms with Crippen LogP contribution in [0.1, 0.15) is 58.3 Å². The number of thioether (sulfide) groups is 1. The molecule has 0 aliphatic heterocycles. The molecule has 0 spiro atoms. The van der Waals surface area contributed by atoms with Crippen LogP contribution in [-0.2, 0) is 4.79 Å². The number of hydrogen-bond donors (Lipinski definition) is 0. The molecule has 0 amide bonds. The van der Waals surface area contributed by atoms with Gasteiger partial charge in [0.25, 0.3) is 0 Å². The molecule has 0 aromatic carbocycles. The molecule has 0 aromatic rings. The van der Waals surface area contributed by atoms with Crippen molar-refractivity contribution < 1.29 is 44.3 Å². The lowest BCUT2D eigenvalue weighted by molar-refractivity contribution is -0.396. The predicted molar refractivity (Wildman–Crippen MR) is 81.0 cm³/mol. The Kier molecular flexibility index (Phi) is 9.84. The van der Waals surface area contributed by atoms with Crippen molar-refractivity contribution in [1.82, 2.24) is 0 Å². The monoisotopic (exact) mass is 420 g/mol. The second kappa shape index (κ2) is 10.1. The number of alkyl halides is 9. The Morgan fingerprint density at radius 3 is 1.54 bits per heavy atom. The van der Waals surface area contributed by atoms with E-state index >= 15 is 0 Å². The smallest absolute Gasteiger partial charge is 0.288 e. The van der Waals surface area contributed by atoms with Crippen molar-refractivity contribution in [3.63, 3.8) is 0 Å². The van der Waals surface area contributed by atoms with Crippen molar-refractivity contribution in [3.05, 3.63) is 0 Å². The molecule has 0 aliphatic carbocycles. The first-order valence-corrected chi connectivity index (χ1v) is 8.99. The molecular formula is C15H21F9OS. The minimum Gasteiger partial charge on any atom is -0.288 e. The lowest BCUT2D eigenvalue weighted by Crippen LogP contribution is -2.60. The van der Waals surface area contributed by atoms with Crippen LogP contribution in [0.2, 0.25) is 0 Å². The molecule has 0 unspecified atom stereocenters. The van der Waals surface area contributed by atoms with Gasteiger partial charge in [-0.25, -0.2) is 0 Å². The van der Waals surface area contributed by atoms with Crippen LogP contribution in [-0.4, -0.2) is 34.8 Å². The summed E-state index contributed by atoms with van der Waals surface area (Å²) < 4.78 is 114. The highest BCUT2D eigenvalue weighted by molar-refractivity contribution is 8.13. The summed E-state index contributed by atoms with van der Waals surface area (Å²) in [7, 11) is 0. The van der Waals surface area contributed by atoms with E-state index in [1.807, 2.05) is 0 Å². The van der Waals surface area contributed by atoms with E-state index in [-0.39, 0.29) is 11.5 Å². The summed E-state index contributed by atoms with van der Waals surface area (Å²) in [5, 5.41) is -0.00108. The van der Waals surface area contributed by atoms with Gasteiger partial charge >= 0.3 is 23.9 Å². The van der Waals surface area contributed by atoms with Gasteiger partial charge in [-0.1, -0.05) is 43.9 Å². The van der Waals surface area contributed by atoms with Crippen molar-refractivity contribution in [3.8, 4) is 0 Å². The number of carbonyl (C=O) groups excluding carboxylic acids is 1. The highest BCUT2D eigenvalue weighted by atomic mass is 32.2. The molecule has 0 atom stereocenters. The standard InChI is InChI=1S/C15H21F9OS/c1-11(25)26-10-8-6-4-2-3-5-7-9-12(16,17)13(18,19)14(20,21)15(22,23)24/h2-10H2,1H3. The molecule has 0 fully saturated rings. The second-order valence-electron chi connectivity index (χ2n) is 5.92. The number of halogens is 9. The van der Waals surface area contributed by atoms with Gasteiger partial charge in [0.2, 0.25) is 0 Å². The molecule has 26 heavy (non-hydrogen) atoms. The average molecular weight is 420 g/mol. The average Bonchev–Trinajstić information content (AvgIpc) is 2.47. The van der Waals surface area contributed by atoms with Gasteiger partial charge in [0.15, 0.2) is 5.12 Å². The molecular weight excluding hydrogens is 399 g/mol. The van der Waals surface area contributed by atoms with Crippen molar-refractivity contribution in [2.24, 2.45) is 0 Å². The maximum atomic E-state index is 13.2. The van der Waals surface area contributed by atoms with Crippen molar-refractivity contribution in [2.45, 2.75) is 82.2 Å². The van der Waals surface area contributed by atoms with E-state index in [9.17, 15) is 44.3 Å². The van der Waals surface area contributed by atoms with Gasteiger partial charge in [-0.2, -0.15) is 39.5 Å². The summed E-state index contributed by atoms with van der Waals surface area (Å²) in [5.74, 6) is -18.1. The molecule has 0 heterocycles. The lowest BCUT2D eigenvalue weighted by Gasteiger charge is -2.33. The van der Waals surface area contributed by atoms with Crippen molar-refractivity contribution >= 4 is 16.9 Å². The van der Waals surface area contributed by atoms with Crippen LogP contribution in [0.25, 0.3) is 0 Å². The summed E-state index contributed by atoms with van der Waals surface area (Å²) in [6.45, 7) is 1.44. The van der Waals surface area contributed by atoms with E-state index < -0.39 is 36.8 Å². The highest BCUT2D eigenvalue weighted by Crippen LogP contribution is 2.54. The zero-order chi connectivity index (χ0) is 20.6. The number of rotatable bonds is 12. The fourth-order valence-electron chi connectivity index (χ4n) is 2.11. The Bertz CT molecular complexity index is 435. The third kappa shape index (κ3) is 7.19. The van der Waals surface area contributed by atoms with E-state index in [0.717, 1.165) is 19.3 Å². The summed E-state index contributed by atoms with van der Waals surface area (Å²) in [6, 6.07) is 0. The quantitative estimate of drug-likeness (QED) is 0.254. The van der Waals surface area contributed by atoms with Crippen LogP contribution in [0.4, 0.5) is 39.5 Å². The third-order valence-electron chi connectivity index (χ3n) is 3.65. The van der Waals surface area contributed by atoms with E-state index in [4.69, 9.17) is 0 Å². The molecule has 156 valence electrons. The summed E-state index contributed by atoms with van der Waals surface area (Å²) in [4.78, 5) is 10.7. The summed E-state index contributed by atoms with van der Waals surface area (Å²) in [5.41, 5.74) is 0. The maximum absolute atomic E-state index is 13.2. The van der Waals surface area contributed by atoms with Gasteiger partial charge in [-0.05, 0) is 12.8 Å². The molecule has 0 bridgehead atoms. The Balaban J connectivity index is 4.16. The molecule has 1 nitrogen and oxygen atoms in total. The lowest BCUT2D eigenvalue weighted by atomic mass is 9.98. The van der Waals surface area contributed by atoms with Crippen LogP contribution < -0.4 is 0 Å². The largest absolute Gasteiger partial charge is 0.460 e. The minimum atomic E-state index is -6.80. The molecule has 11 heteroatoms. The molecule has 0 rings (SSSR count). The SMILES string of the molecule is CC(=O)SCCCCCCCCCC(F)(F)C(F)(F)C(F)(F)C(F)(F)F. The third-order valence-corrected chi connectivity index (χ3v) is 4.55. The molecule has 0 aromatic heterocycles. The molecule has 0 saturated carbocycles.